The molecule has 0 saturated heterocycles. The van der Waals surface area contributed by atoms with Gasteiger partial charge in [0.2, 0.25) is 0 Å². The van der Waals surface area contributed by atoms with Crippen molar-refractivity contribution in [1.82, 2.24) is 9.88 Å². The molecular weight excluding hydrogens is 296 g/mol. The lowest BCUT2D eigenvalue weighted by molar-refractivity contribution is 0.0904. The molecule has 1 amide bonds. The Hall–Kier alpha value is -1.10. The fourth-order valence-corrected chi connectivity index (χ4v) is 3.42. The van der Waals surface area contributed by atoms with E-state index in [1.807, 2.05) is 0 Å². The van der Waals surface area contributed by atoms with E-state index in [9.17, 15) is 9.59 Å². The fraction of sp³-hybridized carbons (Fsp3) is 0.538. The van der Waals surface area contributed by atoms with Crippen molar-refractivity contribution < 1.29 is 4.79 Å². The number of rotatable bonds is 0. The summed E-state index contributed by atoms with van der Waals surface area (Å²) >= 11 is 3.27. The topological polar surface area (TPSA) is 51.1 Å². The van der Waals surface area contributed by atoms with Crippen LogP contribution in [-0.2, 0) is 5.66 Å². The van der Waals surface area contributed by atoms with Gasteiger partial charge in [0.25, 0.3) is 11.5 Å². The Morgan fingerprint density at radius 2 is 1.78 bits per heavy atom. The molecule has 1 N–H and O–H groups in total. The van der Waals surface area contributed by atoms with Gasteiger partial charge in [-0.05, 0) is 53.7 Å². The summed E-state index contributed by atoms with van der Waals surface area (Å²) in [4.78, 5) is 24.3. The van der Waals surface area contributed by atoms with Crippen LogP contribution in [0, 0.1) is 0 Å². The lowest BCUT2D eigenvalue weighted by atomic mass is 10.0. The van der Waals surface area contributed by atoms with Crippen LogP contribution in [0.4, 0.5) is 0 Å². The predicted molar refractivity (Wildman–Crippen MR) is 71.5 cm³/mol. The number of halogens is 1. The maximum Gasteiger partial charge on any atom is 0.269 e. The minimum Gasteiger partial charge on any atom is -0.327 e. The second kappa shape index (κ2) is 4.23. The Morgan fingerprint density at radius 1 is 1.11 bits per heavy atom. The fourth-order valence-electron chi connectivity index (χ4n) is 3.11. The van der Waals surface area contributed by atoms with Gasteiger partial charge in [-0.15, -0.1) is 0 Å². The van der Waals surface area contributed by atoms with Gasteiger partial charge >= 0.3 is 0 Å². The smallest absolute Gasteiger partial charge is 0.269 e. The quantitative estimate of drug-likeness (QED) is 0.800. The van der Waals surface area contributed by atoms with Crippen molar-refractivity contribution in [3.05, 3.63) is 32.7 Å². The largest absolute Gasteiger partial charge is 0.327 e. The van der Waals surface area contributed by atoms with Gasteiger partial charge in [0, 0.05) is 0 Å². The summed E-state index contributed by atoms with van der Waals surface area (Å²) in [6.07, 6.45) is 6.16. The molecule has 1 saturated carbocycles. The van der Waals surface area contributed by atoms with Crippen molar-refractivity contribution in [2.24, 2.45) is 0 Å². The third kappa shape index (κ3) is 1.64. The lowest BCUT2D eigenvalue weighted by Crippen LogP contribution is -2.47. The molecule has 2 heterocycles. The highest BCUT2D eigenvalue weighted by atomic mass is 79.9. The number of amides is 1. The number of nitrogens with one attached hydrogen (secondary N) is 1. The Bertz CT molecular complexity index is 557. The van der Waals surface area contributed by atoms with Gasteiger partial charge in [-0.2, -0.15) is 0 Å². The van der Waals surface area contributed by atoms with Gasteiger partial charge in [0.15, 0.2) is 0 Å². The molecule has 1 aliphatic heterocycles. The van der Waals surface area contributed by atoms with Crippen LogP contribution < -0.4 is 10.9 Å². The minimum absolute atomic E-state index is 0.104. The van der Waals surface area contributed by atoms with Crippen molar-refractivity contribution in [2.45, 2.75) is 44.2 Å². The highest BCUT2D eigenvalue weighted by Crippen LogP contribution is 2.35. The van der Waals surface area contributed by atoms with E-state index in [1.165, 1.54) is 12.8 Å². The Kier molecular flexibility index (Phi) is 2.81. The molecule has 0 radical (unpaired) electrons. The van der Waals surface area contributed by atoms with Gasteiger partial charge in [0.05, 0.1) is 4.47 Å². The number of carbonyl (C=O) groups is 1. The maximum absolute atomic E-state index is 12.3. The van der Waals surface area contributed by atoms with E-state index in [0.717, 1.165) is 25.7 Å². The van der Waals surface area contributed by atoms with Gasteiger partial charge in [-0.25, -0.2) is 0 Å². The van der Waals surface area contributed by atoms with Gasteiger partial charge < -0.3 is 5.32 Å². The van der Waals surface area contributed by atoms with Gasteiger partial charge in [-0.1, -0.05) is 12.8 Å². The second-order valence-electron chi connectivity index (χ2n) is 5.11. The average Bonchev–Trinajstić information content (AvgIpc) is 2.51. The molecule has 1 aromatic heterocycles. The molecule has 3 rings (SSSR count). The van der Waals surface area contributed by atoms with E-state index in [2.05, 4.69) is 21.2 Å². The molecule has 2 aliphatic rings. The highest BCUT2D eigenvalue weighted by Gasteiger charge is 2.43. The average molecular weight is 311 g/mol. The molecule has 1 fully saturated rings. The monoisotopic (exact) mass is 310 g/mol. The van der Waals surface area contributed by atoms with E-state index >= 15 is 0 Å². The normalized spacial score (nSPS) is 21.5. The highest BCUT2D eigenvalue weighted by molar-refractivity contribution is 9.10. The van der Waals surface area contributed by atoms with Crippen LogP contribution in [0.15, 0.2) is 21.4 Å². The zero-order valence-electron chi connectivity index (χ0n) is 10.0. The molecule has 0 bridgehead atoms. The summed E-state index contributed by atoms with van der Waals surface area (Å²) in [7, 11) is 0. The Labute approximate surface area is 114 Å². The number of nitrogens with zero attached hydrogens (tertiary/aromatic N) is 1. The van der Waals surface area contributed by atoms with Crippen molar-refractivity contribution in [1.29, 1.82) is 0 Å². The summed E-state index contributed by atoms with van der Waals surface area (Å²) in [5.41, 5.74) is -0.0955. The molecule has 1 aromatic rings. The number of hydrogen-bond donors (Lipinski definition) is 1. The second-order valence-corrected chi connectivity index (χ2v) is 5.96. The van der Waals surface area contributed by atoms with Gasteiger partial charge in [0.1, 0.15) is 11.4 Å². The van der Waals surface area contributed by atoms with Crippen LogP contribution in [0.3, 0.4) is 0 Å². The van der Waals surface area contributed by atoms with Crippen LogP contribution in [0.1, 0.15) is 49.0 Å². The molecule has 0 atom stereocenters. The molecule has 18 heavy (non-hydrogen) atoms. The first-order valence-corrected chi connectivity index (χ1v) is 7.18. The number of aromatic nitrogens is 1. The van der Waals surface area contributed by atoms with Crippen LogP contribution in [-0.4, -0.2) is 10.5 Å². The summed E-state index contributed by atoms with van der Waals surface area (Å²) in [6.45, 7) is 0. The van der Waals surface area contributed by atoms with E-state index in [-0.39, 0.29) is 11.5 Å². The first-order chi connectivity index (χ1) is 8.64. The number of pyridine rings is 1. The number of fused-ring (bicyclic) bond motifs is 2. The van der Waals surface area contributed by atoms with E-state index < -0.39 is 5.66 Å². The van der Waals surface area contributed by atoms with Crippen molar-refractivity contribution in [2.75, 3.05) is 0 Å². The van der Waals surface area contributed by atoms with Crippen LogP contribution in [0.5, 0.6) is 0 Å². The standard InChI is InChI=1S/C13H15BrN2O2/c14-9-5-6-10-11(17)15-13(16(10)12(9)18)7-3-1-2-4-8-13/h5-6H,1-4,7-8H2,(H,15,17). The third-order valence-corrected chi connectivity index (χ3v) is 4.58. The lowest BCUT2D eigenvalue weighted by Gasteiger charge is -2.30. The predicted octanol–water partition coefficient (Wildman–Crippen LogP) is 2.36. The number of hydrogen-bond acceptors (Lipinski definition) is 2. The van der Waals surface area contributed by atoms with Crippen molar-refractivity contribution in [3.63, 3.8) is 0 Å². The molecule has 4 nitrogen and oxygen atoms in total. The summed E-state index contributed by atoms with van der Waals surface area (Å²) in [6, 6.07) is 3.38. The summed E-state index contributed by atoms with van der Waals surface area (Å²) in [5, 5.41) is 3.05. The van der Waals surface area contributed by atoms with Crippen LogP contribution >= 0.6 is 15.9 Å². The Morgan fingerprint density at radius 3 is 2.44 bits per heavy atom. The first kappa shape index (κ1) is 12.0. The Balaban J connectivity index is 2.20. The van der Waals surface area contributed by atoms with Crippen molar-refractivity contribution in [3.8, 4) is 0 Å². The maximum atomic E-state index is 12.3. The van der Waals surface area contributed by atoms with Crippen molar-refractivity contribution >= 4 is 21.8 Å². The summed E-state index contributed by atoms with van der Waals surface area (Å²) < 4.78 is 2.19. The van der Waals surface area contributed by atoms with E-state index in [0.29, 0.717) is 10.2 Å². The van der Waals surface area contributed by atoms with Crippen LogP contribution in [0.25, 0.3) is 0 Å². The molecule has 5 heteroatoms. The number of carbonyl (C=O) groups excluding carboxylic acids is 1. The molecule has 96 valence electrons. The molecular formula is C13H15BrN2O2. The third-order valence-electron chi connectivity index (χ3n) is 3.97. The molecule has 0 unspecified atom stereocenters. The van der Waals surface area contributed by atoms with Crippen LogP contribution in [0.2, 0.25) is 0 Å². The minimum atomic E-state index is -0.482. The first-order valence-electron chi connectivity index (χ1n) is 6.39. The molecule has 1 aliphatic carbocycles. The zero-order chi connectivity index (χ0) is 12.8. The van der Waals surface area contributed by atoms with E-state index in [1.54, 1.807) is 16.7 Å². The molecule has 0 aromatic carbocycles. The van der Waals surface area contributed by atoms with E-state index in [4.69, 9.17) is 0 Å². The van der Waals surface area contributed by atoms with Gasteiger partial charge in [-0.3, -0.25) is 14.2 Å². The zero-order valence-corrected chi connectivity index (χ0v) is 11.6. The SMILES string of the molecule is O=C1NC2(CCCCCC2)n2c1ccc(Br)c2=O. The summed E-state index contributed by atoms with van der Waals surface area (Å²) in [5.74, 6) is -0.124. The molecule has 1 spiro atoms.